The summed E-state index contributed by atoms with van der Waals surface area (Å²) in [7, 11) is 0. The Bertz CT molecular complexity index is 369. The lowest BCUT2D eigenvalue weighted by Gasteiger charge is -2.26. The minimum Gasteiger partial charge on any atom is -0.328 e. The highest BCUT2D eigenvalue weighted by molar-refractivity contribution is 5.97. The molecule has 0 heterocycles. The summed E-state index contributed by atoms with van der Waals surface area (Å²) in [5.41, 5.74) is 6.66. The van der Waals surface area contributed by atoms with Gasteiger partial charge in [0.1, 0.15) is 0 Å². The Balaban J connectivity index is 1.68. The SMILES string of the molecule is NC1CCC(CNCC(=O)c2ccccc2)CC1. The highest BCUT2D eigenvalue weighted by Crippen LogP contribution is 2.22. The summed E-state index contributed by atoms with van der Waals surface area (Å²) in [5.74, 6) is 0.858. The van der Waals surface area contributed by atoms with Gasteiger partial charge in [-0.2, -0.15) is 0 Å². The second-order valence-electron chi connectivity index (χ2n) is 5.20. The molecule has 3 nitrogen and oxygen atoms in total. The predicted molar refractivity (Wildman–Crippen MR) is 73.6 cm³/mol. The molecule has 18 heavy (non-hydrogen) atoms. The van der Waals surface area contributed by atoms with Crippen LogP contribution < -0.4 is 11.1 Å². The van der Waals surface area contributed by atoms with Gasteiger partial charge in [-0.15, -0.1) is 0 Å². The standard InChI is InChI=1S/C15H22N2O/c16-14-8-6-12(7-9-14)10-17-11-15(18)13-4-2-1-3-5-13/h1-5,12,14,17H,6-11,16H2. The molecule has 0 aromatic heterocycles. The summed E-state index contributed by atoms with van der Waals surface area (Å²) in [6, 6.07) is 9.85. The molecule has 3 N–H and O–H groups in total. The molecule has 2 rings (SSSR count). The van der Waals surface area contributed by atoms with Crippen LogP contribution in [-0.4, -0.2) is 24.9 Å². The van der Waals surface area contributed by atoms with Gasteiger partial charge in [-0.3, -0.25) is 4.79 Å². The molecule has 1 aliphatic carbocycles. The molecule has 98 valence electrons. The van der Waals surface area contributed by atoms with Crippen molar-refractivity contribution in [3.63, 3.8) is 0 Å². The number of carbonyl (C=O) groups excluding carboxylic acids is 1. The van der Waals surface area contributed by atoms with Crippen LogP contribution in [0.25, 0.3) is 0 Å². The quantitative estimate of drug-likeness (QED) is 0.781. The first-order valence-electron chi connectivity index (χ1n) is 6.80. The van der Waals surface area contributed by atoms with Crippen molar-refractivity contribution in [2.24, 2.45) is 11.7 Å². The average Bonchev–Trinajstić information content (AvgIpc) is 2.42. The summed E-state index contributed by atoms with van der Waals surface area (Å²) in [5, 5.41) is 3.28. The van der Waals surface area contributed by atoms with Crippen molar-refractivity contribution < 1.29 is 4.79 Å². The van der Waals surface area contributed by atoms with Gasteiger partial charge in [0, 0.05) is 11.6 Å². The van der Waals surface area contributed by atoms with Crippen LogP contribution in [0.5, 0.6) is 0 Å². The number of hydrogen-bond donors (Lipinski definition) is 2. The molecule has 3 heteroatoms. The first-order valence-corrected chi connectivity index (χ1v) is 6.80. The van der Waals surface area contributed by atoms with Crippen LogP contribution in [0.1, 0.15) is 36.0 Å². The van der Waals surface area contributed by atoms with Crippen LogP contribution in [0.2, 0.25) is 0 Å². The molecule has 1 aromatic rings. The molecule has 0 unspecified atom stereocenters. The van der Waals surface area contributed by atoms with E-state index in [9.17, 15) is 4.79 Å². The van der Waals surface area contributed by atoms with Gasteiger partial charge < -0.3 is 11.1 Å². The molecule has 1 aliphatic rings. The van der Waals surface area contributed by atoms with Crippen LogP contribution in [-0.2, 0) is 0 Å². The van der Waals surface area contributed by atoms with Crippen LogP contribution in [0.4, 0.5) is 0 Å². The summed E-state index contributed by atoms with van der Waals surface area (Å²) in [6.45, 7) is 1.37. The normalized spacial score (nSPS) is 23.8. The fraction of sp³-hybridized carbons (Fsp3) is 0.533. The Hall–Kier alpha value is -1.19. The summed E-state index contributed by atoms with van der Waals surface area (Å²) >= 11 is 0. The van der Waals surface area contributed by atoms with Gasteiger partial charge in [-0.25, -0.2) is 0 Å². The molecule has 0 atom stereocenters. The summed E-state index contributed by atoms with van der Waals surface area (Å²) < 4.78 is 0. The van der Waals surface area contributed by atoms with E-state index in [1.165, 1.54) is 12.8 Å². The summed E-state index contributed by atoms with van der Waals surface area (Å²) in [6.07, 6.45) is 4.62. The number of hydrogen-bond acceptors (Lipinski definition) is 3. The topological polar surface area (TPSA) is 55.1 Å². The van der Waals surface area contributed by atoms with E-state index in [1.54, 1.807) is 0 Å². The fourth-order valence-corrected chi connectivity index (χ4v) is 2.51. The molecular weight excluding hydrogens is 224 g/mol. The maximum atomic E-state index is 11.9. The van der Waals surface area contributed by atoms with Crippen molar-refractivity contribution >= 4 is 5.78 Å². The van der Waals surface area contributed by atoms with Crippen LogP contribution in [0.15, 0.2) is 30.3 Å². The number of rotatable bonds is 5. The molecule has 0 saturated heterocycles. The fourth-order valence-electron chi connectivity index (χ4n) is 2.51. The summed E-state index contributed by atoms with van der Waals surface area (Å²) in [4.78, 5) is 11.9. The van der Waals surface area contributed by atoms with E-state index in [-0.39, 0.29) is 5.78 Å². The second kappa shape index (κ2) is 6.66. The van der Waals surface area contributed by atoms with Crippen molar-refractivity contribution in [1.82, 2.24) is 5.32 Å². The lowest BCUT2D eigenvalue weighted by molar-refractivity contribution is 0.0989. The van der Waals surface area contributed by atoms with E-state index >= 15 is 0 Å². The molecule has 0 spiro atoms. The minimum atomic E-state index is 0.170. The Morgan fingerprint density at radius 2 is 1.83 bits per heavy atom. The number of ketones is 1. The van der Waals surface area contributed by atoms with Gasteiger partial charge in [0.2, 0.25) is 0 Å². The first kappa shape index (κ1) is 13.2. The predicted octanol–water partition coefficient (Wildman–Crippen LogP) is 1.98. The molecule has 0 amide bonds. The Kier molecular flexibility index (Phi) is 4.90. The zero-order chi connectivity index (χ0) is 12.8. The average molecular weight is 246 g/mol. The zero-order valence-corrected chi connectivity index (χ0v) is 10.8. The van der Waals surface area contributed by atoms with E-state index in [0.717, 1.165) is 24.9 Å². The third kappa shape index (κ3) is 3.93. The Morgan fingerprint density at radius 1 is 1.17 bits per heavy atom. The lowest BCUT2D eigenvalue weighted by atomic mass is 9.86. The van der Waals surface area contributed by atoms with Gasteiger partial charge >= 0.3 is 0 Å². The third-order valence-corrected chi connectivity index (χ3v) is 3.71. The van der Waals surface area contributed by atoms with E-state index in [0.29, 0.717) is 18.5 Å². The highest BCUT2D eigenvalue weighted by Gasteiger charge is 2.18. The third-order valence-electron chi connectivity index (χ3n) is 3.71. The number of Topliss-reactive ketones (excluding diaryl/α,β-unsaturated/α-hetero) is 1. The monoisotopic (exact) mass is 246 g/mol. The van der Waals surface area contributed by atoms with E-state index in [2.05, 4.69) is 5.32 Å². The number of nitrogens with one attached hydrogen (secondary N) is 1. The van der Waals surface area contributed by atoms with Crippen molar-refractivity contribution in [1.29, 1.82) is 0 Å². The Morgan fingerprint density at radius 3 is 2.50 bits per heavy atom. The molecular formula is C15H22N2O. The molecule has 0 aliphatic heterocycles. The molecule has 1 aromatic carbocycles. The van der Waals surface area contributed by atoms with Gasteiger partial charge in [-0.05, 0) is 38.1 Å². The maximum absolute atomic E-state index is 11.9. The molecule has 1 fully saturated rings. The maximum Gasteiger partial charge on any atom is 0.176 e. The molecule has 0 bridgehead atoms. The zero-order valence-electron chi connectivity index (χ0n) is 10.8. The van der Waals surface area contributed by atoms with E-state index in [4.69, 9.17) is 5.73 Å². The van der Waals surface area contributed by atoms with Crippen LogP contribution in [0, 0.1) is 5.92 Å². The van der Waals surface area contributed by atoms with Gasteiger partial charge in [-0.1, -0.05) is 30.3 Å². The van der Waals surface area contributed by atoms with Gasteiger partial charge in [0.05, 0.1) is 6.54 Å². The van der Waals surface area contributed by atoms with Crippen molar-refractivity contribution in [2.75, 3.05) is 13.1 Å². The van der Waals surface area contributed by atoms with E-state index in [1.807, 2.05) is 30.3 Å². The number of nitrogens with two attached hydrogens (primary N) is 1. The van der Waals surface area contributed by atoms with Crippen LogP contribution >= 0.6 is 0 Å². The molecule has 1 saturated carbocycles. The van der Waals surface area contributed by atoms with Crippen molar-refractivity contribution in [3.8, 4) is 0 Å². The molecule has 0 radical (unpaired) electrons. The largest absolute Gasteiger partial charge is 0.328 e. The highest BCUT2D eigenvalue weighted by atomic mass is 16.1. The van der Waals surface area contributed by atoms with Crippen molar-refractivity contribution in [3.05, 3.63) is 35.9 Å². The Labute approximate surface area is 109 Å². The number of carbonyl (C=O) groups is 1. The van der Waals surface area contributed by atoms with Gasteiger partial charge in [0.25, 0.3) is 0 Å². The van der Waals surface area contributed by atoms with Crippen molar-refractivity contribution in [2.45, 2.75) is 31.7 Å². The number of benzene rings is 1. The second-order valence-corrected chi connectivity index (χ2v) is 5.20. The first-order chi connectivity index (χ1) is 8.75. The van der Waals surface area contributed by atoms with Gasteiger partial charge in [0.15, 0.2) is 5.78 Å². The lowest BCUT2D eigenvalue weighted by Crippen LogP contribution is -2.33. The minimum absolute atomic E-state index is 0.170. The van der Waals surface area contributed by atoms with Crippen LogP contribution in [0.3, 0.4) is 0 Å². The van der Waals surface area contributed by atoms with E-state index < -0.39 is 0 Å². The smallest absolute Gasteiger partial charge is 0.176 e.